The number of carbonyl (C=O) groups is 1. The number of nitrogens with zero attached hydrogens (tertiary/aromatic N) is 2. The number of ether oxygens (including phenoxy) is 1. The first-order valence-corrected chi connectivity index (χ1v) is 9.14. The Bertz CT molecular complexity index is 929. The molecular weight excluding hydrogens is 340 g/mol. The Morgan fingerprint density at radius 1 is 1.15 bits per heavy atom. The maximum Gasteiger partial charge on any atom is 0.276 e. The fourth-order valence-corrected chi connectivity index (χ4v) is 3.56. The van der Waals surface area contributed by atoms with E-state index < -0.39 is 0 Å². The number of aryl methyl sites for hydroxylation is 1. The van der Waals surface area contributed by atoms with Gasteiger partial charge in [-0.15, -0.1) is 0 Å². The molecule has 1 aliphatic rings. The highest BCUT2D eigenvalue weighted by atomic mass is 16.5. The molecule has 1 aromatic heterocycles. The lowest BCUT2D eigenvalue weighted by Gasteiger charge is -2.24. The Labute approximate surface area is 158 Å². The van der Waals surface area contributed by atoms with E-state index in [1.165, 1.54) is 11.1 Å². The van der Waals surface area contributed by atoms with Gasteiger partial charge in [0, 0.05) is 18.2 Å². The molecule has 27 heavy (non-hydrogen) atoms. The van der Waals surface area contributed by atoms with Gasteiger partial charge in [-0.25, -0.2) is 0 Å². The third-order valence-corrected chi connectivity index (χ3v) is 5.08. The average Bonchev–Trinajstić information content (AvgIpc) is 3.38. The minimum atomic E-state index is -0.0819. The van der Waals surface area contributed by atoms with E-state index in [4.69, 9.17) is 9.26 Å². The molecule has 3 aromatic rings. The van der Waals surface area contributed by atoms with Crippen molar-refractivity contribution in [2.45, 2.75) is 25.8 Å². The number of methoxy groups -OCH3 is 1. The van der Waals surface area contributed by atoms with Gasteiger partial charge < -0.3 is 14.2 Å². The molecule has 0 spiro atoms. The number of benzene rings is 2. The zero-order valence-corrected chi connectivity index (χ0v) is 15.5. The molecule has 5 nitrogen and oxygen atoms in total. The van der Waals surface area contributed by atoms with E-state index in [-0.39, 0.29) is 11.9 Å². The standard InChI is InChI=1S/C22H22N2O3/c1-15-5-7-16(8-6-15)20-4-3-13-24(20)22(25)19-14-21(27-23-19)17-9-11-18(26-2)12-10-17/h5-12,14,20H,3-4,13H2,1-2H3/t20-/m0/s1. The Kier molecular flexibility index (Phi) is 4.67. The van der Waals surface area contributed by atoms with Crippen molar-refractivity contribution in [2.24, 2.45) is 0 Å². The summed E-state index contributed by atoms with van der Waals surface area (Å²) in [5.74, 6) is 1.27. The minimum absolute atomic E-state index is 0.0819. The van der Waals surface area contributed by atoms with Gasteiger partial charge in [0.15, 0.2) is 11.5 Å². The van der Waals surface area contributed by atoms with Crippen molar-refractivity contribution in [1.29, 1.82) is 0 Å². The van der Waals surface area contributed by atoms with E-state index in [9.17, 15) is 4.79 Å². The summed E-state index contributed by atoms with van der Waals surface area (Å²) in [7, 11) is 1.63. The molecular formula is C22H22N2O3. The second-order valence-corrected chi connectivity index (χ2v) is 6.87. The topological polar surface area (TPSA) is 55.6 Å². The summed E-state index contributed by atoms with van der Waals surface area (Å²) in [6, 6.07) is 17.7. The van der Waals surface area contributed by atoms with E-state index in [0.717, 1.165) is 30.7 Å². The Morgan fingerprint density at radius 3 is 2.59 bits per heavy atom. The first kappa shape index (κ1) is 17.3. The van der Waals surface area contributed by atoms with E-state index in [2.05, 4.69) is 36.3 Å². The molecule has 138 valence electrons. The summed E-state index contributed by atoms with van der Waals surface area (Å²) in [6.07, 6.45) is 1.96. The van der Waals surface area contributed by atoms with Gasteiger partial charge in [0.05, 0.1) is 13.2 Å². The normalized spacial score (nSPS) is 16.5. The number of carbonyl (C=O) groups excluding carboxylic acids is 1. The highest BCUT2D eigenvalue weighted by Gasteiger charge is 2.32. The molecule has 0 N–H and O–H groups in total. The minimum Gasteiger partial charge on any atom is -0.497 e. The van der Waals surface area contributed by atoms with Crippen LogP contribution in [0.5, 0.6) is 5.75 Å². The van der Waals surface area contributed by atoms with Crippen molar-refractivity contribution < 1.29 is 14.1 Å². The van der Waals surface area contributed by atoms with Gasteiger partial charge in [0.25, 0.3) is 5.91 Å². The lowest BCUT2D eigenvalue weighted by molar-refractivity contribution is 0.0725. The number of hydrogen-bond acceptors (Lipinski definition) is 4. The number of hydrogen-bond donors (Lipinski definition) is 0. The summed E-state index contributed by atoms with van der Waals surface area (Å²) in [5.41, 5.74) is 3.60. The fraction of sp³-hybridized carbons (Fsp3) is 0.273. The van der Waals surface area contributed by atoms with Crippen molar-refractivity contribution in [2.75, 3.05) is 13.7 Å². The van der Waals surface area contributed by atoms with Crippen LogP contribution < -0.4 is 4.74 Å². The molecule has 1 fully saturated rings. The van der Waals surface area contributed by atoms with Crippen molar-refractivity contribution in [3.8, 4) is 17.1 Å². The lowest BCUT2D eigenvalue weighted by Crippen LogP contribution is -2.30. The average molecular weight is 362 g/mol. The number of rotatable bonds is 4. The Morgan fingerprint density at radius 2 is 1.89 bits per heavy atom. The zero-order valence-electron chi connectivity index (χ0n) is 15.5. The van der Waals surface area contributed by atoms with Gasteiger partial charge in [0.2, 0.25) is 0 Å². The fourth-order valence-electron chi connectivity index (χ4n) is 3.56. The second kappa shape index (κ2) is 7.27. The predicted octanol–water partition coefficient (Wildman–Crippen LogP) is 4.64. The van der Waals surface area contributed by atoms with Crippen molar-refractivity contribution in [3.63, 3.8) is 0 Å². The highest BCUT2D eigenvalue weighted by Crippen LogP contribution is 2.33. The van der Waals surface area contributed by atoms with Crippen molar-refractivity contribution >= 4 is 5.91 Å². The van der Waals surface area contributed by atoms with Gasteiger partial charge in [0.1, 0.15) is 5.75 Å². The molecule has 1 amide bonds. The Balaban J connectivity index is 1.55. The summed E-state index contributed by atoms with van der Waals surface area (Å²) in [5, 5.41) is 4.02. The SMILES string of the molecule is COc1ccc(-c2cc(C(=O)N3CCC[C@H]3c3ccc(C)cc3)no2)cc1. The highest BCUT2D eigenvalue weighted by molar-refractivity contribution is 5.93. The quantitative estimate of drug-likeness (QED) is 0.679. The molecule has 0 radical (unpaired) electrons. The van der Waals surface area contributed by atoms with Crippen molar-refractivity contribution in [3.05, 3.63) is 71.4 Å². The van der Waals surface area contributed by atoms with Crippen LogP contribution in [-0.4, -0.2) is 29.6 Å². The van der Waals surface area contributed by atoms with E-state index in [1.54, 1.807) is 13.2 Å². The molecule has 4 rings (SSSR count). The molecule has 2 aromatic carbocycles. The second-order valence-electron chi connectivity index (χ2n) is 6.87. The molecule has 0 unspecified atom stereocenters. The maximum absolute atomic E-state index is 13.0. The van der Waals surface area contributed by atoms with Crippen LogP contribution in [0.15, 0.2) is 59.1 Å². The van der Waals surface area contributed by atoms with Gasteiger partial charge in [-0.1, -0.05) is 35.0 Å². The van der Waals surface area contributed by atoms with Crippen LogP contribution in [0.4, 0.5) is 0 Å². The molecule has 2 heterocycles. The maximum atomic E-state index is 13.0. The monoisotopic (exact) mass is 362 g/mol. The van der Waals surface area contributed by atoms with Crippen LogP contribution in [0, 0.1) is 6.92 Å². The first-order valence-electron chi connectivity index (χ1n) is 9.14. The van der Waals surface area contributed by atoms with Crippen LogP contribution in [-0.2, 0) is 0 Å². The molecule has 0 aliphatic carbocycles. The number of likely N-dealkylation sites (tertiary alicyclic amines) is 1. The van der Waals surface area contributed by atoms with E-state index in [0.29, 0.717) is 11.5 Å². The molecule has 0 bridgehead atoms. The predicted molar refractivity (Wildman–Crippen MR) is 103 cm³/mol. The third-order valence-electron chi connectivity index (χ3n) is 5.08. The van der Waals surface area contributed by atoms with Crippen molar-refractivity contribution in [1.82, 2.24) is 10.1 Å². The largest absolute Gasteiger partial charge is 0.497 e. The number of aromatic nitrogens is 1. The molecule has 1 atom stereocenters. The molecule has 1 saturated heterocycles. The van der Waals surface area contributed by atoms with Crippen LogP contribution in [0.1, 0.15) is 40.5 Å². The summed E-state index contributed by atoms with van der Waals surface area (Å²) in [6.45, 7) is 2.81. The van der Waals surface area contributed by atoms with Gasteiger partial charge in [-0.2, -0.15) is 0 Å². The molecule has 1 aliphatic heterocycles. The third kappa shape index (κ3) is 3.45. The van der Waals surface area contributed by atoms with E-state index >= 15 is 0 Å². The first-order chi connectivity index (χ1) is 13.2. The smallest absolute Gasteiger partial charge is 0.276 e. The van der Waals surface area contributed by atoms with Gasteiger partial charge >= 0.3 is 0 Å². The Hall–Kier alpha value is -3.08. The van der Waals surface area contributed by atoms with Crippen LogP contribution in [0.2, 0.25) is 0 Å². The van der Waals surface area contributed by atoms with Crippen LogP contribution in [0.3, 0.4) is 0 Å². The molecule has 5 heteroatoms. The summed E-state index contributed by atoms with van der Waals surface area (Å²) < 4.78 is 10.6. The summed E-state index contributed by atoms with van der Waals surface area (Å²) >= 11 is 0. The van der Waals surface area contributed by atoms with Crippen LogP contribution >= 0.6 is 0 Å². The summed E-state index contributed by atoms with van der Waals surface area (Å²) in [4.78, 5) is 14.9. The zero-order chi connectivity index (χ0) is 18.8. The number of amides is 1. The lowest BCUT2D eigenvalue weighted by atomic mass is 10.0. The molecule has 0 saturated carbocycles. The van der Waals surface area contributed by atoms with Gasteiger partial charge in [-0.05, 0) is 49.6 Å². The van der Waals surface area contributed by atoms with Crippen LogP contribution in [0.25, 0.3) is 11.3 Å². The van der Waals surface area contributed by atoms with E-state index in [1.807, 2.05) is 29.2 Å². The van der Waals surface area contributed by atoms with Gasteiger partial charge in [-0.3, -0.25) is 4.79 Å².